The zero-order valence-electron chi connectivity index (χ0n) is 8.79. The van der Waals surface area contributed by atoms with Gasteiger partial charge in [-0.25, -0.2) is 0 Å². The number of thiophene rings is 1. The first kappa shape index (κ1) is 13.4. The number of benzene rings is 1. The molecule has 0 spiro atoms. The standard InChI is InChI=1S/C12H10BrCl2NS/c13-9-3-4-17-12(9)6-11(16)8-5-7(14)1-2-10(8)15/h1-5,11H,6,16H2. The molecule has 0 fully saturated rings. The van der Waals surface area contributed by atoms with Crippen molar-refractivity contribution in [1.29, 1.82) is 0 Å². The molecule has 0 aliphatic heterocycles. The Morgan fingerprint density at radius 2 is 2.06 bits per heavy atom. The minimum Gasteiger partial charge on any atom is -0.324 e. The molecule has 0 aliphatic rings. The van der Waals surface area contributed by atoms with Gasteiger partial charge in [0.1, 0.15) is 0 Å². The van der Waals surface area contributed by atoms with Crippen molar-refractivity contribution < 1.29 is 0 Å². The Kier molecular flexibility index (Phi) is 4.50. The molecule has 17 heavy (non-hydrogen) atoms. The van der Waals surface area contributed by atoms with E-state index in [9.17, 15) is 0 Å². The van der Waals surface area contributed by atoms with Crippen LogP contribution in [0, 0.1) is 0 Å². The molecule has 0 aliphatic carbocycles. The van der Waals surface area contributed by atoms with Gasteiger partial charge in [0, 0.05) is 31.9 Å². The van der Waals surface area contributed by atoms with Gasteiger partial charge in [0.2, 0.25) is 0 Å². The molecule has 0 saturated carbocycles. The number of nitrogens with two attached hydrogens (primary N) is 1. The minimum absolute atomic E-state index is 0.142. The van der Waals surface area contributed by atoms with Crippen LogP contribution in [0.15, 0.2) is 34.1 Å². The summed E-state index contributed by atoms with van der Waals surface area (Å²) in [6.45, 7) is 0. The number of hydrogen-bond donors (Lipinski definition) is 1. The fourth-order valence-electron chi connectivity index (χ4n) is 1.58. The molecular weight excluding hydrogens is 341 g/mol. The highest BCUT2D eigenvalue weighted by molar-refractivity contribution is 9.10. The Labute approximate surface area is 123 Å². The van der Waals surface area contributed by atoms with Crippen molar-refractivity contribution in [1.82, 2.24) is 0 Å². The molecule has 1 nitrogen and oxygen atoms in total. The van der Waals surface area contributed by atoms with E-state index in [2.05, 4.69) is 15.9 Å². The van der Waals surface area contributed by atoms with Crippen molar-refractivity contribution in [2.45, 2.75) is 12.5 Å². The van der Waals surface area contributed by atoms with E-state index in [-0.39, 0.29) is 6.04 Å². The molecule has 2 rings (SSSR count). The molecule has 1 atom stereocenters. The van der Waals surface area contributed by atoms with Gasteiger partial charge in [0.25, 0.3) is 0 Å². The van der Waals surface area contributed by atoms with Crippen molar-refractivity contribution in [3.63, 3.8) is 0 Å². The second-order valence-corrected chi connectivity index (χ2v) is 6.37. The van der Waals surface area contributed by atoms with Crippen LogP contribution in [0.5, 0.6) is 0 Å². The zero-order valence-corrected chi connectivity index (χ0v) is 12.7. The van der Waals surface area contributed by atoms with E-state index in [1.165, 1.54) is 4.88 Å². The van der Waals surface area contributed by atoms with Crippen LogP contribution in [0.2, 0.25) is 10.0 Å². The maximum absolute atomic E-state index is 6.17. The molecule has 5 heteroatoms. The third-order valence-corrected chi connectivity index (χ3v) is 4.98. The van der Waals surface area contributed by atoms with Gasteiger partial charge in [-0.2, -0.15) is 0 Å². The SMILES string of the molecule is NC(Cc1sccc1Br)c1cc(Cl)ccc1Cl. The maximum Gasteiger partial charge on any atom is 0.0454 e. The van der Waals surface area contributed by atoms with Gasteiger partial charge in [-0.05, 0) is 51.1 Å². The van der Waals surface area contributed by atoms with Gasteiger partial charge < -0.3 is 5.73 Å². The average molecular weight is 351 g/mol. The maximum atomic E-state index is 6.17. The predicted octanol–water partition coefficient (Wildman–Crippen LogP) is 5.06. The van der Waals surface area contributed by atoms with Gasteiger partial charge in [-0.15, -0.1) is 11.3 Å². The van der Waals surface area contributed by atoms with Crippen LogP contribution >= 0.6 is 50.5 Å². The summed E-state index contributed by atoms with van der Waals surface area (Å²) < 4.78 is 1.09. The number of rotatable bonds is 3. The van der Waals surface area contributed by atoms with Crippen molar-refractivity contribution in [3.05, 3.63) is 54.6 Å². The number of halogens is 3. The van der Waals surface area contributed by atoms with Gasteiger partial charge in [-0.3, -0.25) is 0 Å². The predicted molar refractivity (Wildman–Crippen MR) is 79.1 cm³/mol. The molecule has 2 N–H and O–H groups in total. The summed E-state index contributed by atoms with van der Waals surface area (Å²) in [7, 11) is 0. The van der Waals surface area contributed by atoms with Crippen molar-refractivity contribution in [2.24, 2.45) is 5.73 Å². The summed E-state index contributed by atoms with van der Waals surface area (Å²) in [6.07, 6.45) is 0.748. The molecule has 2 aromatic rings. The molecule has 1 heterocycles. The molecule has 0 radical (unpaired) electrons. The lowest BCUT2D eigenvalue weighted by molar-refractivity contribution is 0.729. The number of hydrogen-bond acceptors (Lipinski definition) is 2. The van der Waals surface area contributed by atoms with Gasteiger partial charge in [-0.1, -0.05) is 23.2 Å². The summed E-state index contributed by atoms with van der Waals surface area (Å²) in [4.78, 5) is 1.22. The zero-order chi connectivity index (χ0) is 12.4. The molecule has 1 aromatic heterocycles. The Morgan fingerprint density at radius 1 is 1.29 bits per heavy atom. The molecular formula is C12H10BrCl2NS. The Balaban J connectivity index is 2.23. The molecule has 1 aromatic carbocycles. The fourth-order valence-corrected chi connectivity index (χ4v) is 3.59. The lowest BCUT2D eigenvalue weighted by Crippen LogP contribution is -2.13. The lowest BCUT2D eigenvalue weighted by atomic mass is 10.0. The smallest absolute Gasteiger partial charge is 0.0454 e. The molecule has 0 saturated heterocycles. The summed E-state index contributed by atoms with van der Waals surface area (Å²) in [6, 6.07) is 7.25. The van der Waals surface area contributed by atoms with Crippen LogP contribution in [0.3, 0.4) is 0 Å². The third-order valence-electron chi connectivity index (χ3n) is 2.45. The van der Waals surface area contributed by atoms with E-state index in [0.717, 1.165) is 16.5 Å². The van der Waals surface area contributed by atoms with Crippen LogP contribution in [-0.4, -0.2) is 0 Å². The van der Waals surface area contributed by atoms with Crippen LogP contribution in [0.25, 0.3) is 0 Å². The molecule has 90 valence electrons. The van der Waals surface area contributed by atoms with Crippen LogP contribution in [-0.2, 0) is 6.42 Å². The second-order valence-electron chi connectivity index (χ2n) is 3.67. The summed E-state index contributed by atoms with van der Waals surface area (Å²) >= 11 is 17.3. The topological polar surface area (TPSA) is 26.0 Å². The largest absolute Gasteiger partial charge is 0.324 e. The van der Waals surface area contributed by atoms with E-state index in [4.69, 9.17) is 28.9 Å². The van der Waals surface area contributed by atoms with Crippen molar-refractivity contribution in [2.75, 3.05) is 0 Å². The summed E-state index contributed by atoms with van der Waals surface area (Å²) in [5.74, 6) is 0. The monoisotopic (exact) mass is 349 g/mol. The molecule has 0 amide bonds. The normalized spacial score (nSPS) is 12.7. The fraction of sp³-hybridized carbons (Fsp3) is 0.167. The Morgan fingerprint density at radius 3 is 2.71 bits per heavy atom. The highest BCUT2D eigenvalue weighted by atomic mass is 79.9. The van der Waals surface area contributed by atoms with Crippen LogP contribution < -0.4 is 5.73 Å². The van der Waals surface area contributed by atoms with Gasteiger partial charge >= 0.3 is 0 Å². The highest BCUT2D eigenvalue weighted by Crippen LogP contribution is 2.31. The van der Waals surface area contributed by atoms with Crippen LogP contribution in [0.4, 0.5) is 0 Å². The van der Waals surface area contributed by atoms with E-state index < -0.39 is 0 Å². The Hall–Kier alpha value is -0.0600. The second kappa shape index (κ2) is 5.72. The molecule has 1 unspecified atom stereocenters. The van der Waals surface area contributed by atoms with Crippen LogP contribution in [0.1, 0.15) is 16.5 Å². The van der Waals surface area contributed by atoms with Crippen molar-refractivity contribution >= 4 is 50.5 Å². The van der Waals surface area contributed by atoms with Gasteiger partial charge in [0.05, 0.1) is 0 Å². The lowest BCUT2D eigenvalue weighted by Gasteiger charge is -2.13. The van der Waals surface area contributed by atoms with E-state index in [1.54, 1.807) is 23.5 Å². The minimum atomic E-state index is -0.142. The first-order valence-electron chi connectivity index (χ1n) is 5.00. The van der Waals surface area contributed by atoms with Crippen molar-refractivity contribution in [3.8, 4) is 0 Å². The van der Waals surface area contributed by atoms with Gasteiger partial charge in [0.15, 0.2) is 0 Å². The van der Waals surface area contributed by atoms with E-state index in [0.29, 0.717) is 10.0 Å². The Bertz CT molecular complexity index is 527. The quantitative estimate of drug-likeness (QED) is 0.822. The molecule has 0 bridgehead atoms. The van der Waals surface area contributed by atoms with E-state index in [1.807, 2.05) is 17.5 Å². The first-order valence-corrected chi connectivity index (χ1v) is 7.43. The third kappa shape index (κ3) is 3.24. The summed E-state index contributed by atoms with van der Waals surface area (Å²) in [5, 5.41) is 3.35. The van der Waals surface area contributed by atoms with E-state index >= 15 is 0 Å². The first-order chi connectivity index (χ1) is 8.08. The summed E-state index contributed by atoms with van der Waals surface area (Å²) in [5.41, 5.74) is 7.06. The highest BCUT2D eigenvalue weighted by Gasteiger charge is 2.13. The average Bonchev–Trinajstić information content (AvgIpc) is 2.68.